The van der Waals surface area contributed by atoms with E-state index in [4.69, 9.17) is 4.74 Å². The molecule has 0 amide bonds. The van der Waals surface area contributed by atoms with Crippen LogP contribution in [0.1, 0.15) is 18.1 Å². The fourth-order valence-corrected chi connectivity index (χ4v) is 2.79. The number of benzene rings is 2. The van der Waals surface area contributed by atoms with Gasteiger partial charge in [0.2, 0.25) is 0 Å². The second-order valence-electron chi connectivity index (χ2n) is 4.65. The molecule has 3 heteroatoms. The van der Waals surface area contributed by atoms with Crippen LogP contribution >= 0.6 is 31.9 Å². The van der Waals surface area contributed by atoms with Crippen LogP contribution < -0.4 is 0 Å². The van der Waals surface area contributed by atoms with Crippen LogP contribution in [-0.4, -0.2) is 5.33 Å². The van der Waals surface area contributed by atoms with Crippen molar-refractivity contribution in [3.63, 3.8) is 0 Å². The third kappa shape index (κ3) is 3.91. The third-order valence-electron chi connectivity index (χ3n) is 3.09. The molecule has 1 nitrogen and oxygen atoms in total. The Labute approximate surface area is 131 Å². The first-order valence-corrected chi connectivity index (χ1v) is 8.05. The van der Waals surface area contributed by atoms with Gasteiger partial charge in [-0.25, -0.2) is 0 Å². The number of halogens is 2. The normalized spacial score (nSPS) is 14.1. The minimum Gasteiger partial charge on any atom is -0.365 e. The van der Waals surface area contributed by atoms with E-state index in [0.29, 0.717) is 6.61 Å². The molecule has 1 atom stereocenters. The number of rotatable bonds is 5. The van der Waals surface area contributed by atoms with Crippen molar-refractivity contribution in [3.05, 3.63) is 70.2 Å². The van der Waals surface area contributed by atoms with Gasteiger partial charge in [0.05, 0.1) is 6.61 Å². The van der Waals surface area contributed by atoms with Crippen LogP contribution in [0.2, 0.25) is 0 Å². The van der Waals surface area contributed by atoms with Crippen molar-refractivity contribution in [3.8, 4) is 0 Å². The Morgan fingerprint density at radius 3 is 2.42 bits per heavy atom. The molecule has 19 heavy (non-hydrogen) atoms. The average molecular weight is 384 g/mol. The fourth-order valence-electron chi connectivity index (χ4n) is 1.86. The Balaban J connectivity index is 2.11. The zero-order valence-corrected chi connectivity index (χ0v) is 13.9. The first kappa shape index (κ1) is 14.8. The standard InChI is InChI=1S/C16H16Br2O/c1-16(12-17,14-7-3-2-4-8-14)19-11-13-6-5-9-15(18)10-13/h2-10H,11-12H2,1H3. The van der Waals surface area contributed by atoms with Crippen molar-refractivity contribution < 1.29 is 4.74 Å². The molecule has 0 aromatic heterocycles. The van der Waals surface area contributed by atoms with Gasteiger partial charge in [0, 0.05) is 9.80 Å². The lowest BCUT2D eigenvalue weighted by Gasteiger charge is -2.28. The molecule has 0 N–H and O–H groups in total. The zero-order valence-electron chi connectivity index (χ0n) is 10.8. The lowest BCUT2D eigenvalue weighted by atomic mass is 9.98. The van der Waals surface area contributed by atoms with Gasteiger partial charge in [-0.05, 0) is 30.2 Å². The predicted octanol–water partition coefficient (Wildman–Crippen LogP) is 5.28. The Bertz CT molecular complexity index is 527. The quantitative estimate of drug-likeness (QED) is 0.638. The number of ether oxygens (including phenoxy) is 1. The summed E-state index contributed by atoms with van der Waals surface area (Å²) in [4.78, 5) is 0. The van der Waals surface area contributed by atoms with Crippen LogP contribution in [0.3, 0.4) is 0 Å². The molecule has 0 fully saturated rings. The highest BCUT2D eigenvalue weighted by atomic mass is 79.9. The zero-order chi connectivity index (χ0) is 13.7. The van der Waals surface area contributed by atoms with Crippen LogP contribution in [0.4, 0.5) is 0 Å². The monoisotopic (exact) mass is 382 g/mol. The lowest BCUT2D eigenvalue weighted by Crippen LogP contribution is -2.27. The molecular formula is C16H16Br2O. The van der Waals surface area contributed by atoms with Gasteiger partial charge >= 0.3 is 0 Å². The maximum atomic E-state index is 6.14. The average Bonchev–Trinajstić information content (AvgIpc) is 2.46. The minimum atomic E-state index is -0.316. The summed E-state index contributed by atoms with van der Waals surface area (Å²) >= 11 is 7.04. The van der Waals surface area contributed by atoms with E-state index in [1.165, 1.54) is 5.56 Å². The van der Waals surface area contributed by atoms with Gasteiger partial charge < -0.3 is 4.74 Å². The van der Waals surface area contributed by atoms with Crippen molar-refractivity contribution in [1.82, 2.24) is 0 Å². The van der Waals surface area contributed by atoms with Crippen molar-refractivity contribution in [1.29, 1.82) is 0 Å². The lowest BCUT2D eigenvalue weighted by molar-refractivity contribution is -0.0289. The van der Waals surface area contributed by atoms with Crippen molar-refractivity contribution in [2.45, 2.75) is 19.1 Å². The molecule has 2 aromatic rings. The van der Waals surface area contributed by atoms with Gasteiger partial charge in [-0.2, -0.15) is 0 Å². The maximum absolute atomic E-state index is 6.14. The van der Waals surface area contributed by atoms with Crippen LogP contribution in [0.5, 0.6) is 0 Å². The molecule has 1 unspecified atom stereocenters. The van der Waals surface area contributed by atoms with Crippen LogP contribution in [0.25, 0.3) is 0 Å². The Morgan fingerprint density at radius 1 is 1.05 bits per heavy atom. The molecule has 0 heterocycles. The van der Waals surface area contributed by atoms with E-state index in [1.807, 2.05) is 30.3 Å². The SMILES string of the molecule is CC(CBr)(OCc1cccc(Br)c1)c1ccccc1. The molecule has 0 radical (unpaired) electrons. The molecule has 0 aliphatic heterocycles. The van der Waals surface area contributed by atoms with E-state index in [2.05, 4.69) is 63.0 Å². The highest BCUT2D eigenvalue weighted by Gasteiger charge is 2.26. The highest BCUT2D eigenvalue weighted by Crippen LogP contribution is 2.29. The second-order valence-corrected chi connectivity index (χ2v) is 6.13. The number of alkyl halides is 1. The summed E-state index contributed by atoms with van der Waals surface area (Å²) in [6.07, 6.45) is 0. The third-order valence-corrected chi connectivity index (χ3v) is 4.65. The molecule has 100 valence electrons. The molecule has 0 saturated carbocycles. The molecule has 0 aliphatic carbocycles. The van der Waals surface area contributed by atoms with Gasteiger partial charge in [-0.3, -0.25) is 0 Å². The summed E-state index contributed by atoms with van der Waals surface area (Å²) in [6.45, 7) is 2.70. The van der Waals surface area contributed by atoms with Crippen LogP contribution in [0.15, 0.2) is 59.1 Å². The molecular weight excluding hydrogens is 368 g/mol. The van der Waals surface area contributed by atoms with Crippen molar-refractivity contribution in [2.75, 3.05) is 5.33 Å². The van der Waals surface area contributed by atoms with Gasteiger partial charge in [-0.1, -0.05) is 74.3 Å². The predicted molar refractivity (Wildman–Crippen MR) is 86.5 cm³/mol. The maximum Gasteiger partial charge on any atom is 0.100 e. The van der Waals surface area contributed by atoms with E-state index >= 15 is 0 Å². The Kier molecular flexibility index (Phi) is 5.20. The highest BCUT2D eigenvalue weighted by molar-refractivity contribution is 9.10. The molecule has 0 spiro atoms. The van der Waals surface area contributed by atoms with Gasteiger partial charge in [0.15, 0.2) is 0 Å². The largest absolute Gasteiger partial charge is 0.365 e. The summed E-state index contributed by atoms with van der Waals surface area (Å²) in [5.41, 5.74) is 2.03. The topological polar surface area (TPSA) is 9.23 Å². The van der Waals surface area contributed by atoms with Gasteiger partial charge in [-0.15, -0.1) is 0 Å². The van der Waals surface area contributed by atoms with Crippen molar-refractivity contribution >= 4 is 31.9 Å². The Morgan fingerprint density at radius 2 is 1.79 bits per heavy atom. The molecule has 0 saturated heterocycles. The summed E-state index contributed by atoms with van der Waals surface area (Å²) in [6, 6.07) is 18.5. The van der Waals surface area contributed by atoms with E-state index in [0.717, 1.165) is 15.4 Å². The van der Waals surface area contributed by atoms with E-state index in [9.17, 15) is 0 Å². The second kappa shape index (κ2) is 6.69. The molecule has 0 aliphatic rings. The van der Waals surface area contributed by atoms with Crippen LogP contribution in [0, 0.1) is 0 Å². The number of hydrogen-bond acceptors (Lipinski definition) is 1. The van der Waals surface area contributed by atoms with Gasteiger partial charge in [0.1, 0.15) is 5.60 Å². The smallest absolute Gasteiger partial charge is 0.100 e. The minimum absolute atomic E-state index is 0.316. The summed E-state index contributed by atoms with van der Waals surface area (Å²) in [5, 5.41) is 0.762. The Hall–Kier alpha value is -0.640. The first-order valence-electron chi connectivity index (χ1n) is 6.14. The van der Waals surface area contributed by atoms with Crippen LogP contribution in [-0.2, 0) is 16.9 Å². The molecule has 0 bridgehead atoms. The van der Waals surface area contributed by atoms with Gasteiger partial charge in [0.25, 0.3) is 0 Å². The molecule has 2 aromatic carbocycles. The van der Waals surface area contributed by atoms with E-state index < -0.39 is 0 Å². The summed E-state index contributed by atoms with van der Waals surface area (Å²) in [7, 11) is 0. The first-order chi connectivity index (χ1) is 9.14. The fraction of sp³-hybridized carbons (Fsp3) is 0.250. The summed E-state index contributed by atoms with van der Waals surface area (Å²) in [5.74, 6) is 0. The van der Waals surface area contributed by atoms with E-state index in [-0.39, 0.29) is 5.60 Å². The summed E-state index contributed by atoms with van der Waals surface area (Å²) < 4.78 is 7.22. The molecule has 2 rings (SSSR count). The van der Waals surface area contributed by atoms with Crippen molar-refractivity contribution in [2.24, 2.45) is 0 Å². The number of hydrogen-bond donors (Lipinski definition) is 0. The van der Waals surface area contributed by atoms with E-state index in [1.54, 1.807) is 0 Å².